The van der Waals surface area contributed by atoms with Crippen LogP contribution in [-0.4, -0.2) is 29.6 Å². The first-order valence-electron chi connectivity index (χ1n) is 5.81. The second-order valence-corrected chi connectivity index (χ2v) is 5.31. The molecule has 1 aliphatic rings. The zero-order chi connectivity index (χ0) is 13.2. The number of aryl methyl sites for hydroxylation is 1. The van der Waals surface area contributed by atoms with E-state index in [0.29, 0.717) is 31.7 Å². The van der Waals surface area contributed by atoms with Crippen LogP contribution in [0.4, 0.5) is 5.69 Å². The van der Waals surface area contributed by atoms with E-state index in [0.717, 1.165) is 10.2 Å². The third kappa shape index (κ3) is 2.88. The van der Waals surface area contributed by atoms with Crippen LogP contribution in [0.25, 0.3) is 0 Å². The maximum atomic E-state index is 12.2. The molecule has 0 saturated carbocycles. The molecule has 18 heavy (non-hydrogen) atoms. The van der Waals surface area contributed by atoms with Gasteiger partial charge in [-0.3, -0.25) is 4.79 Å². The molecular formula is C12H16BrN3O2. The highest BCUT2D eigenvalue weighted by Gasteiger charge is 2.35. The third-order valence-corrected chi connectivity index (χ3v) is 3.94. The molecule has 0 spiro atoms. The Kier molecular flexibility index (Phi) is 3.99. The van der Waals surface area contributed by atoms with Gasteiger partial charge in [0.25, 0.3) is 0 Å². The predicted molar refractivity (Wildman–Crippen MR) is 72.3 cm³/mol. The minimum Gasteiger partial charge on any atom is -0.381 e. The number of anilines is 1. The first kappa shape index (κ1) is 13.5. The molecule has 0 radical (unpaired) electrons. The largest absolute Gasteiger partial charge is 0.381 e. The molecule has 1 aromatic heterocycles. The lowest BCUT2D eigenvalue weighted by atomic mass is 9.90. The molecule has 0 aromatic carbocycles. The van der Waals surface area contributed by atoms with Crippen LogP contribution in [-0.2, 0) is 9.53 Å². The Labute approximate surface area is 114 Å². The topological polar surface area (TPSA) is 77.2 Å². The van der Waals surface area contributed by atoms with Crippen molar-refractivity contribution in [2.75, 3.05) is 18.5 Å². The van der Waals surface area contributed by atoms with Gasteiger partial charge < -0.3 is 15.8 Å². The Balaban J connectivity index is 2.08. The number of nitrogens with zero attached hydrogens (tertiary/aromatic N) is 1. The lowest BCUT2D eigenvalue weighted by Gasteiger charge is -2.31. The molecule has 0 atom stereocenters. The molecule has 2 rings (SSSR count). The van der Waals surface area contributed by atoms with E-state index in [1.807, 2.05) is 13.0 Å². The van der Waals surface area contributed by atoms with Crippen molar-refractivity contribution in [2.24, 2.45) is 5.73 Å². The van der Waals surface area contributed by atoms with Gasteiger partial charge in [0.2, 0.25) is 5.91 Å². The molecule has 0 aliphatic carbocycles. The molecule has 98 valence electrons. The highest BCUT2D eigenvalue weighted by atomic mass is 79.9. The number of hydrogen-bond donors (Lipinski definition) is 2. The number of pyridine rings is 1. The summed E-state index contributed by atoms with van der Waals surface area (Å²) in [6.45, 7) is 2.97. The molecule has 6 heteroatoms. The van der Waals surface area contributed by atoms with Gasteiger partial charge in [0.15, 0.2) is 0 Å². The van der Waals surface area contributed by atoms with Gasteiger partial charge in [0.05, 0.1) is 11.9 Å². The van der Waals surface area contributed by atoms with Crippen molar-refractivity contribution in [3.63, 3.8) is 0 Å². The van der Waals surface area contributed by atoms with E-state index in [-0.39, 0.29) is 5.91 Å². The predicted octanol–water partition coefficient (Wildman–Crippen LogP) is 1.60. The molecule has 1 fully saturated rings. The molecule has 0 bridgehead atoms. The molecule has 2 heterocycles. The van der Waals surface area contributed by atoms with Gasteiger partial charge in [-0.15, -0.1) is 0 Å². The van der Waals surface area contributed by atoms with Gasteiger partial charge in [0.1, 0.15) is 10.1 Å². The van der Waals surface area contributed by atoms with E-state index in [4.69, 9.17) is 10.5 Å². The fraction of sp³-hybridized carbons (Fsp3) is 0.500. The highest BCUT2D eigenvalue weighted by molar-refractivity contribution is 9.10. The Hall–Kier alpha value is -0.980. The summed E-state index contributed by atoms with van der Waals surface area (Å²) < 4.78 is 5.99. The summed E-state index contributed by atoms with van der Waals surface area (Å²) in [6, 6.07) is 1.86. The molecule has 1 amide bonds. The summed E-state index contributed by atoms with van der Waals surface area (Å²) >= 11 is 3.32. The van der Waals surface area contributed by atoms with Crippen molar-refractivity contribution >= 4 is 27.5 Å². The number of rotatable bonds is 2. The van der Waals surface area contributed by atoms with Crippen LogP contribution >= 0.6 is 15.9 Å². The quantitative estimate of drug-likeness (QED) is 0.813. The van der Waals surface area contributed by atoms with E-state index < -0.39 is 5.54 Å². The number of ether oxygens (including phenoxy) is 1. The smallest absolute Gasteiger partial charge is 0.244 e. The fourth-order valence-corrected chi connectivity index (χ4v) is 2.06. The van der Waals surface area contributed by atoms with Gasteiger partial charge in [0, 0.05) is 13.2 Å². The van der Waals surface area contributed by atoms with Crippen molar-refractivity contribution < 1.29 is 9.53 Å². The van der Waals surface area contributed by atoms with Gasteiger partial charge in [-0.1, -0.05) is 0 Å². The Morgan fingerprint density at radius 1 is 1.56 bits per heavy atom. The number of hydrogen-bond acceptors (Lipinski definition) is 4. The summed E-state index contributed by atoms with van der Waals surface area (Å²) in [5.74, 6) is -0.172. The Bertz CT molecular complexity index is 459. The van der Waals surface area contributed by atoms with E-state index in [2.05, 4.69) is 26.2 Å². The molecule has 5 nitrogen and oxygen atoms in total. The van der Waals surface area contributed by atoms with E-state index in [9.17, 15) is 4.79 Å². The zero-order valence-electron chi connectivity index (χ0n) is 10.2. The molecular weight excluding hydrogens is 298 g/mol. The summed E-state index contributed by atoms with van der Waals surface area (Å²) in [7, 11) is 0. The number of amides is 1. The standard InChI is InChI=1S/C12H16BrN3O2/c1-8-6-9(7-15-10(8)13)16-11(17)12(14)2-4-18-5-3-12/h6-7H,2-5,14H2,1H3,(H,16,17). The SMILES string of the molecule is Cc1cc(NC(=O)C2(N)CCOCC2)cnc1Br. The van der Waals surface area contributed by atoms with Crippen LogP contribution in [0.15, 0.2) is 16.9 Å². The molecule has 0 unspecified atom stereocenters. The van der Waals surface area contributed by atoms with E-state index in [1.165, 1.54) is 0 Å². The average molecular weight is 314 g/mol. The lowest BCUT2D eigenvalue weighted by molar-refractivity contribution is -0.124. The maximum absolute atomic E-state index is 12.2. The third-order valence-electron chi connectivity index (χ3n) is 3.11. The van der Waals surface area contributed by atoms with Crippen molar-refractivity contribution in [3.8, 4) is 0 Å². The van der Waals surface area contributed by atoms with Crippen molar-refractivity contribution in [1.29, 1.82) is 0 Å². The van der Waals surface area contributed by atoms with Crippen LogP contribution in [0.5, 0.6) is 0 Å². The summed E-state index contributed by atoms with van der Waals surface area (Å²) in [5, 5.41) is 2.82. The Morgan fingerprint density at radius 2 is 2.22 bits per heavy atom. The molecule has 1 aromatic rings. The second kappa shape index (κ2) is 5.34. The zero-order valence-corrected chi connectivity index (χ0v) is 11.8. The normalized spacial score (nSPS) is 18.4. The highest BCUT2D eigenvalue weighted by Crippen LogP contribution is 2.21. The van der Waals surface area contributed by atoms with Gasteiger partial charge in [-0.05, 0) is 47.3 Å². The molecule has 1 saturated heterocycles. The average Bonchev–Trinajstić information content (AvgIpc) is 2.35. The number of nitrogens with one attached hydrogen (secondary N) is 1. The Morgan fingerprint density at radius 3 is 2.83 bits per heavy atom. The maximum Gasteiger partial charge on any atom is 0.244 e. The van der Waals surface area contributed by atoms with Crippen molar-refractivity contribution in [1.82, 2.24) is 4.98 Å². The minimum atomic E-state index is -0.834. The molecule has 1 aliphatic heterocycles. The first-order valence-corrected chi connectivity index (χ1v) is 6.61. The minimum absolute atomic E-state index is 0.172. The van der Waals surface area contributed by atoms with E-state index in [1.54, 1.807) is 6.20 Å². The number of carbonyl (C=O) groups is 1. The van der Waals surface area contributed by atoms with Crippen LogP contribution in [0.3, 0.4) is 0 Å². The summed E-state index contributed by atoms with van der Waals surface area (Å²) in [5.41, 5.74) is 6.89. The van der Waals surface area contributed by atoms with Crippen LogP contribution in [0, 0.1) is 6.92 Å². The summed E-state index contributed by atoms with van der Waals surface area (Å²) in [6.07, 6.45) is 2.70. The monoisotopic (exact) mass is 313 g/mol. The fourth-order valence-electron chi connectivity index (χ4n) is 1.84. The van der Waals surface area contributed by atoms with E-state index >= 15 is 0 Å². The number of carbonyl (C=O) groups excluding carboxylic acids is 1. The van der Waals surface area contributed by atoms with Gasteiger partial charge in [-0.25, -0.2) is 4.98 Å². The molecule has 3 N–H and O–H groups in total. The summed E-state index contributed by atoms with van der Waals surface area (Å²) in [4.78, 5) is 16.3. The van der Waals surface area contributed by atoms with Crippen LogP contribution in [0.2, 0.25) is 0 Å². The van der Waals surface area contributed by atoms with Crippen LogP contribution < -0.4 is 11.1 Å². The van der Waals surface area contributed by atoms with Crippen molar-refractivity contribution in [3.05, 3.63) is 22.4 Å². The van der Waals surface area contributed by atoms with Crippen molar-refractivity contribution in [2.45, 2.75) is 25.3 Å². The van der Waals surface area contributed by atoms with Gasteiger partial charge in [-0.2, -0.15) is 0 Å². The van der Waals surface area contributed by atoms with Gasteiger partial charge >= 0.3 is 0 Å². The number of halogens is 1. The first-order chi connectivity index (χ1) is 8.51. The second-order valence-electron chi connectivity index (χ2n) is 4.55. The van der Waals surface area contributed by atoms with Crippen LogP contribution in [0.1, 0.15) is 18.4 Å². The number of nitrogens with two attached hydrogens (primary N) is 1. The number of aromatic nitrogens is 1. The lowest BCUT2D eigenvalue weighted by Crippen LogP contribution is -2.54.